The monoisotopic (exact) mass is 453 g/mol. The molecule has 1 saturated heterocycles. The van der Waals surface area contributed by atoms with Gasteiger partial charge in [0, 0.05) is 25.8 Å². The first-order valence-electron chi connectivity index (χ1n) is 11.1. The van der Waals surface area contributed by atoms with E-state index in [1.807, 2.05) is 38.1 Å². The third-order valence-corrected chi connectivity index (χ3v) is 5.60. The lowest BCUT2D eigenvalue weighted by molar-refractivity contribution is -0.140. The molecule has 1 N–H and O–H groups in total. The van der Waals surface area contributed by atoms with Crippen LogP contribution in [0.4, 0.5) is 0 Å². The van der Waals surface area contributed by atoms with Crippen molar-refractivity contribution in [2.24, 2.45) is 0 Å². The van der Waals surface area contributed by atoms with E-state index in [4.69, 9.17) is 14.2 Å². The summed E-state index contributed by atoms with van der Waals surface area (Å²) in [5, 5.41) is 11.2. The lowest BCUT2D eigenvalue weighted by Crippen LogP contribution is -2.31. The van der Waals surface area contributed by atoms with Crippen LogP contribution in [0.1, 0.15) is 42.5 Å². The summed E-state index contributed by atoms with van der Waals surface area (Å²) in [5.41, 5.74) is 2.02. The van der Waals surface area contributed by atoms with Crippen LogP contribution in [0, 0.1) is 6.92 Å². The number of aliphatic hydroxyl groups excluding tert-OH is 1. The van der Waals surface area contributed by atoms with E-state index in [-0.39, 0.29) is 11.3 Å². The third kappa shape index (κ3) is 5.20. The van der Waals surface area contributed by atoms with Crippen molar-refractivity contribution >= 4 is 17.4 Å². The summed E-state index contributed by atoms with van der Waals surface area (Å²) in [6, 6.07) is 11.7. The standard InChI is InChI=1S/C26H31NO6/c1-5-13-33-20-9-6-8-18(16-20)23-22(25(29)26(30)27(23)12-7-14-31-3)24(28)19-10-11-21(32-4)17(2)15-19/h6,8-11,15-16,23,28H,5,7,12-14H2,1-4H3/b24-22+. The molecule has 1 unspecified atom stereocenters. The molecule has 0 spiro atoms. The van der Waals surface area contributed by atoms with Crippen molar-refractivity contribution < 1.29 is 28.9 Å². The van der Waals surface area contributed by atoms with Crippen LogP contribution in [0.5, 0.6) is 11.5 Å². The summed E-state index contributed by atoms with van der Waals surface area (Å²) in [4.78, 5) is 27.6. The molecule has 3 rings (SSSR count). The molecular weight excluding hydrogens is 422 g/mol. The Balaban J connectivity index is 2.11. The number of carbonyl (C=O) groups is 2. The van der Waals surface area contributed by atoms with Gasteiger partial charge in [0.15, 0.2) is 0 Å². The highest BCUT2D eigenvalue weighted by molar-refractivity contribution is 6.46. The molecule has 33 heavy (non-hydrogen) atoms. The molecule has 176 valence electrons. The maximum Gasteiger partial charge on any atom is 0.295 e. The Kier molecular flexibility index (Phi) is 8.11. The van der Waals surface area contributed by atoms with Gasteiger partial charge in [0.05, 0.1) is 25.3 Å². The molecule has 1 fully saturated rings. The van der Waals surface area contributed by atoms with Gasteiger partial charge in [0.1, 0.15) is 17.3 Å². The quantitative estimate of drug-likeness (QED) is 0.251. The summed E-state index contributed by atoms with van der Waals surface area (Å²) in [6.07, 6.45) is 1.42. The van der Waals surface area contributed by atoms with Gasteiger partial charge in [-0.3, -0.25) is 9.59 Å². The Morgan fingerprint density at radius 2 is 1.88 bits per heavy atom. The van der Waals surface area contributed by atoms with E-state index in [1.165, 1.54) is 4.90 Å². The fourth-order valence-electron chi connectivity index (χ4n) is 4.01. The smallest absolute Gasteiger partial charge is 0.295 e. The number of likely N-dealkylation sites (tertiary alicyclic amines) is 1. The molecule has 0 aromatic heterocycles. The topological polar surface area (TPSA) is 85.3 Å². The number of nitrogens with zero attached hydrogens (tertiary/aromatic N) is 1. The predicted octanol–water partition coefficient (Wildman–Crippen LogP) is 4.25. The third-order valence-electron chi connectivity index (χ3n) is 5.60. The Hall–Kier alpha value is -3.32. The number of rotatable bonds is 10. The first-order chi connectivity index (χ1) is 15.9. The summed E-state index contributed by atoms with van der Waals surface area (Å²) >= 11 is 0. The number of hydrogen-bond acceptors (Lipinski definition) is 6. The lowest BCUT2D eigenvalue weighted by atomic mass is 9.94. The highest BCUT2D eigenvalue weighted by Gasteiger charge is 2.45. The average molecular weight is 454 g/mol. The van der Waals surface area contributed by atoms with Gasteiger partial charge >= 0.3 is 0 Å². The van der Waals surface area contributed by atoms with Crippen molar-refractivity contribution in [1.82, 2.24) is 4.90 Å². The van der Waals surface area contributed by atoms with Crippen LogP contribution in [0.25, 0.3) is 5.76 Å². The van der Waals surface area contributed by atoms with Gasteiger partial charge in [0.2, 0.25) is 0 Å². The maximum absolute atomic E-state index is 13.1. The van der Waals surface area contributed by atoms with E-state index in [0.29, 0.717) is 48.8 Å². The number of ether oxygens (including phenoxy) is 3. The van der Waals surface area contributed by atoms with Crippen LogP contribution >= 0.6 is 0 Å². The van der Waals surface area contributed by atoms with Crippen molar-refractivity contribution in [1.29, 1.82) is 0 Å². The molecule has 0 radical (unpaired) electrons. The van der Waals surface area contributed by atoms with Crippen LogP contribution in [0.3, 0.4) is 0 Å². The number of ketones is 1. The zero-order valence-electron chi connectivity index (χ0n) is 19.6. The minimum atomic E-state index is -0.727. The van der Waals surface area contributed by atoms with Crippen LogP contribution in [-0.2, 0) is 14.3 Å². The average Bonchev–Trinajstić information content (AvgIpc) is 3.07. The normalized spacial score (nSPS) is 17.5. The molecular formula is C26H31NO6. The van der Waals surface area contributed by atoms with Gasteiger partial charge in [0.25, 0.3) is 11.7 Å². The fraction of sp³-hybridized carbons (Fsp3) is 0.385. The van der Waals surface area contributed by atoms with E-state index >= 15 is 0 Å². The van der Waals surface area contributed by atoms with Crippen molar-refractivity contribution in [3.8, 4) is 11.5 Å². The molecule has 0 aliphatic carbocycles. The molecule has 0 saturated carbocycles. The second kappa shape index (κ2) is 11.0. The van der Waals surface area contributed by atoms with E-state index < -0.39 is 17.7 Å². The first-order valence-corrected chi connectivity index (χ1v) is 11.1. The number of hydrogen-bond donors (Lipinski definition) is 1. The molecule has 1 aliphatic heterocycles. The number of methoxy groups -OCH3 is 2. The number of aryl methyl sites for hydroxylation is 1. The number of Topliss-reactive ketones (excluding diaryl/α,β-unsaturated/α-hetero) is 1. The van der Waals surface area contributed by atoms with Gasteiger partial charge in [-0.1, -0.05) is 19.1 Å². The number of aliphatic hydroxyl groups is 1. The van der Waals surface area contributed by atoms with Crippen molar-refractivity contribution in [3.63, 3.8) is 0 Å². The second-order valence-electron chi connectivity index (χ2n) is 7.94. The summed E-state index contributed by atoms with van der Waals surface area (Å²) < 4.78 is 16.2. The molecule has 7 heteroatoms. The van der Waals surface area contributed by atoms with E-state index in [0.717, 1.165) is 12.0 Å². The summed E-state index contributed by atoms with van der Waals surface area (Å²) in [6.45, 7) is 5.20. The molecule has 1 heterocycles. The Labute approximate surface area is 194 Å². The Morgan fingerprint density at radius 1 is 1.09 bits per heavy atom. The van der Waals surface area contributed by atoms with Gasteiger partial charge in [-0.15, -0.1) is 0 Å². The van der Waals surface area contributed by atoms with Crippen LogP contribution in [0.15, 0.2) is 48.0 Å². The zero-order chi connectivity index (χ0) is 24.0. The maximum atomic E-state index is 13.1. The summed E-state index contributed by atoms with van der Waals surface area (Å²) in [5.74, 6) is -0.231. The zero-order valence-corrected chi connectivity index (χ0v) is 19.6. The molecule has 0 bridgehead atoms. The second-order valence-corrected chi connectivity index (χ2v) is 7.94. The van der Waals surface area contributed by atoms with E-state index in [9.17, 15) is 14.7 Å². The van der Waals surface area contributed by atoms with Gasteiger partial charge in [-0.25, -0.2) is 0 Å². The van der Waals surface area contributed by atoms with Crippen molar-refractivity contribution in [3.05, 3.63) is 64.7 Å². The molecule has 2 aromatic carbocycles. The number of benzene rings is 2. The van der Waals surface area contributed by atoms with Gasteiger partial charge in [-0.05, 0) is 61.2 Å². The Bertz CT molecular complexity index is 1040. The minimum Gasteiger partial charge on any atom is -0.507 e. The number of carbonyl (C=O) groups excluding carboxylic acids is 2. The van der Waals surface area contributed by atoms with Gasteiger partial charge in [-0.2, -0.15) is 0 Å². The first kappa shape index (κ1) is 24.3. The molecule has 7 nitrogen and oxygen atoms in total. The Morgan fingerprint density at radius 3 is 2.55 bits per heavy atom. The van der Waals surface area contributed by atoms with Crippen molar-refractivity contribution in [2.45, 2.75) is 32.7 Å². The van der Waals surface area contributed by atoms with Crippen LogP contribution < -0.4 is 9.47 Å². The van der Waals surface area contributed by atoms with E-state index in [1.54, 1.807) is 32.4 Å². The fourth-order valence-corrected chi connectivity index (χ4v) is 4.01. The van der Waals surface area contributed by atoms with Crippen LogP contribution in [-0.4, -0.2) is 55.7 Å². The van der Waals surface area contributed by atoms with Crippen molar-refractivity contribution in [2.75, 3.05) is 34.0 Å². The molecule has 1 amide bonds. The minimum absolute atomic E-state index is 0.0645. The molecule has 1 atom stereocenters. The molecule has 1 aliphatic rings. The summed E-state index contributed by atoms with van der Waals surface area (Å²) in [7, 11) is 3.16. The SMILES string of the molecule is CCCOc1cccc(C2/C(=C(\O)c3ccc(OC)c(C)c3)C(=O)C(=O)N2CCCOC)c1. The largest absolute Gasteiger partial charge is 0.507 e. The highest BCUT2D eigenvalue weighted by atomic mass is 16.5. The highest BCUT2D eigenvalue weighted by Crippen LogP contribution is 2.40. The van der Waals surface area contributed by atoms with Crippen LogP contribution in [0.2, 0.25) is 0 Å². The van der Waals surface area contributed by atoms with Gasteiger partial charge < -0.3 is 24.2 Å². The lowest BCUT2D eigenvalue weighted by Gasteiger charge is -2.25. The predicted molar refractivity (Wildman–Crippen MR) is 125 cm³/mol. The number of amides is 1. The van der Waals surface area contributed by atoms with E-state index in [2.05, 4.69) is 0 Å². The molecule has 2 aromatic rings.